The van der Waals surface area contributed by atoms with Crippen molar-refractivity contribution in [3.8, 4) is 11.1 Å². The highest BCUT2D eigenvalue weighted by Gasteiger charge is 2.12. The van der Waals surface area contributed by atoms with Gasteiger partial charge in [-0.15, -0.1) is 0 Å². The number of hydrogen-bond acceptors (Lipinski definition) is 3. The number of esters is 1. The minimum Gasteiger partial charge on any atom is -0.465 e. The molecule has 2 aromatic rings. The summed E-state index contributed by atoms with van der Waals surface area (Å²) in [6.07, 6.45) is 3.15. The van der Waals surface area contributed by atoms with E-state index < -0.39 is 17.6 Å². The van der Waals surface area contributed by atoms with E-state index in [4.69, 9.17) is 5.73 Å². The number of ether oxygens (including phenoxy) is 1. The molecule has 0 aliphatic rings. The van der Waals surface area contributed by atoms with Gasteiger partial charge in [-0.2, -0.15) is 0 Å². The summed E-state index contributed by atoms with van der Waals surface area (Å²) in [4.78, 5) is 11.4. The molecule has 0 bridgehead atoms. The summed E-state index contributed by atoms with van der Waals surface area (Å²) in [6, 6.07) is 8.29. The van der Waals surface area contributed by atoms with Crippen molar-refractivity contribution in [1.29, 1.82) is 0 Å². The number of halogens is 2. The van der Waals surface area contributed by atoms with Crippen LogP contribution in [0, 0.1) is 11.6 Å². The third kappa shape index (κ3) is 3.38. The summed E-state index contributed by atoms with van der Waals surface area (Å²) in [7, 11) is 1.23. The van der Waals surface area contributed by atoms with Crippen LogP contribution in [0.2, 0.25) is 0 Å². The van der Waals surface area contributed by atoms with Crippen LogP contribution in [-0.4, -0.2) is 19.6 Å². The van der Waals surface area contributed by atoms with Gasteiger partial charge in [0.15, 0.2) is 0 Å². The van der Waals surface area contributed by atoms with Crippen LogP contribution in [0.5, 0.6) is 0 Å². The first kappa shape index (κ1) is 15.9. The lowest BCUT2D eigenvalue weighted by atomic mass is 10.0. The quantitative estimate of drug-likeness (QED) is 0.881. The number of carbonyl (C=O) groups excluding carboxylic acids is 1. The fraction of sp³-hybridized carbons (Fsp3) is 0.118. The maximum Gasteiger partial charge on any atom is 0.337 e. The molecule has 0 aliphatic carbocycles. The molecule has 0 amide bonds. The van der Waals surface area contributed by atoms with Crippen molar-refractivity contribution in [2.75, 3.05) is 13.7 Å². The van der Waals surface area contributed by atoms with Crippen LogP contribution in [0.15, 0.2) is 42.5 Å². The molecule has 0 saturated heterocycles. The van der Waals surface area contributed by atoms with Crippen molar-refractivity contribution in [2.24, 2.45) is 5.73 Å². The zero-order valence-electron chi connectivity index (χ0n) is 12.0. The molecule has 0 spiro atoms. The van der Waals surface area contributed by atoms with Crippen LogP contribution in [0.3, 0.4) is 0 Å². The lowest BCUT2D eigenvalue weighted by Gasteiger charge is -2.07. The molecular weight excluding hydrogens is 288 g/mol. The molecule has 0 aromatic heterocycles. The van der Waals surface area contributed by atoms with Crippen molar-refractivity contribution >= 4 is 12.0 Å². The number of rotatable bonds is 4. The highest BCUT2D eigenvalue weighted by molar-refractivity contribution is 5.90. The second kappa shape index (κ2) is 6.95. The van der Waals surface area contributed by atoms with Gasteiger partial charge in [0.1, 0.15) is 11.6 Å². The van der Waals surface area contributed by atoms with E-state index in [1.54, 1.807) is 12.2 Å². The Kier molecular flexibility index (Phi) is 5.01. The molecule has 2 aromatic carbocycles. The Bertz CT molecular complexity index is 727. The summed E-state index contributed by atoms with van der Waals surface area (Å²) in [5.41, 5.74) is 6.56. The Morgan fingerprint density at radius 3 is 2.59 bits per heavy atom. The van der Waals surface area contributed by atoms with Crippen molar-refractivity contribution < 1.29 is 18.3 Å². The fourth-order valence-corrected chi connectivity index (χ4v) is 2.03. The molecule has 5 heteroatoms. The van der Waals surface area contributed by atoms with Crippen LogP contribution in [0.1, 0.15) is 15.9 Å². The summed E-state index contributed by atoms with van der Waals surface area (Å²) >= 11 is 0. The summed E-state index contributed by atoms with van der Waals surface area (Å²) in [5, 5.41) is 0. The lowest BCUT2D eigenvalue weighted by molar-refractivity contribution is 0.0600. The van der Waals surface area contributed by atoms with Gasteiger partial charge in [-0.1, -0.05) is 24.3 Å². The van der Waals surface area contributed by atoms with Gasteiger partial charge in [-0.3, -0.25) is 0 Å². The van der Waals surface area contributed by atoms with Crippen LogP contribution in [0.25, 0.3) is 17.2 Å². The third-order valence-electron chi connectivity index (χ3n) is 3.13. The standard InChI is InChI=1S/C17H15F2NO2/c1-22-17(21)13-4-6-14(16(19)10-13)11-5-7-15(18)12(9-11)3-2-8-20/h2-7,9-10H,8,20H2,1H3/b3-2-. The van der Waals surface area contributed by atoms with Gasteiger partial charge in [-0.25, -0.2) is 13.6 Å². The molecule has 2 N–H and O–H groups in total. The van der Waals surface area contributed by atoms with Gasteiger partial charge in [0.05, 0.1) is 12.7 Å². The van der Waals surface area contributed by atoms with E-state index in [-0.39, 0.29) is 17.7 Å². The first-order valence-corrected chi connectivity index (χ1v) is 6.61. The topological polar surface area (TPSA) is 52.3 Å². The maximum absolute atomic E-state index is 14.2. The minimum absolute atomic E-state index is 0.120. The van der Waals surface area contributed by atoms with Crippen molar-refractivity contribution in [3.05, 3.63) is 65.2 Å². The number of methoxy groups -OCH3 is 1. The molecule has 114 valence electrons. The van der Waals surface area contributed by atoms with E-state index in [1.165, 1.54) is 37.4 Å². The van der Waals surface area contributed by atoms with E-state index in [0.29, 0.717) is 11.1 Å². The Labute approximate surface area is 127 Å². The second-order valence-electron chi connectivity index (χ2n) is 4.56. The van der Waals surface area contributed by atoms with Crippen LogP contribution in [-0.2, 0) is 4.74 Å². The SMILES string of the molecule is COC(=O)c1ccc(-c2ccc(F)c(/C=C\CN)c2)c(F)c1. The largest absolute Gasteiger partial charge is 0.465 e. The first-order valence-electron chi connectivity index (χ1n) is 6.61. The molecule has 2 rings (SSSR count). The summed E-state index contributed by atoms with van der Waals surface area (Å²) in [6.45, 7) is 0.284. The first-order chi connectivity index (χ1) is 10.6. The van der Waals surface area contributed by atoms with Crippen LogP contribution < -0.4 is 5.73 Å². The van der Waals surface area contributed by atoms with Crippen molar-refractivity contribution in [3.63, 3.8) is 0 Å². The third-order valence-corrected chi connectivity index (χ3v) is 3.13. The lowest BCUT2D eigenvalue weighted by Crippen LogP contribution is -2.02. The molecule has 0 aliphatic heterocycles. The van der Waals surface area contributed by atoms with Gasteiger partial charge in [-0.05, 0) is 29.8 Å². The number of nitrogens with two attached hydrogens (primary N) is 1. The molecule has 3 nitrogen and oxygen atoms in total. The number of hydrogen-bond donors (Lipinski definition) is 1. The van der Waals surface area contributed by atoms with E-state index in [2.05, 4.69) is 4.74 Å². The normalized spacial score (nSPS) is 10.9. The minimum atomic E-state index is -0.615. The number of carbonyl (C=O) groups is 1. The van der Waals surface area contributed by atoms with E-state index in [0.717, 1.165) is 6.07 Å². The molecule has 0 atom stereocenters. The molecule has 0 heterocycles. The monoisotopic (exact) mass is 303 g/mol. The molecule has 0 radical (unpaired) electrons. The smallest absolute Gasteiger partial charge is 0.337 e. The van der Waals surface area contributed by atoms with E-state index >= 15 is 0 Å². The zero-order valence-corrected chi connectivity index (χ0v) is 12.0. The van der Waals surface area contributed by atoms with Crippen molar-refractivity contribution in [2.45, 2.75) is 0 Å². The average molecular weight is 303 g/mol. The Balaban J connectivity index is 2.44. The van der Waals surface area contributed by atoms with Crippen LogP contribution in [0.4, 0.5) is 8.78 Å². The van der Waals surface area contributed by atoms with Gasteiger partial charge < -0.3 is 10.5 Å². The number of benzene rings is 2. The van der Waals surface area contributed by atoms with Gasteiger partial charge in [0.2, 0.25) is 0 Å². The van der Waals surface area contributed by atoms with E-state index in [9.17, 15) is 13.6 Å². The second-order valence-corrected chi connectivity index (χ2v) is 4.56. The predicted molar refractivity (Wildman–Crippen MR) is 81.2 cm³/mol. The maximum atomic E-state index is 14.2. The zero-order chi connectivity index (χ0) is 16.1. The Morgan fingerprint density at radius 2 is 1.95 bits per heavy atom. The van der Waals surface area contributed by atoms with Gasteiger partial charge in [0.25, 0.3) is 0 Å². The van der Waals surface area contributed by atoms with E-state index in [1.807, 2.05) is 0 Å². The highest BCUT2D eigenvalue weighted by Crippen LogP contribution is 2.26. The van der Waals surface area contributed by atoms with Gasteiger partial charge >= 0.3 is 5.97 Å². The average Bonchev–Trinajstić information content (AvgIpc) is 2.53. The predicted octanol–water partition coefficient (Wildman–Crippen LogP) is 3.39. The van der Waals surface area contributed by atoms with Gasteiger partial charge in [0, 0.05) is 17.7 Å². The molecular formula is C17H15F2NO2. The Morgan fingerprint density at radius 1 is 1.18 bits per heavy atom. The summed E-state index contributed by atoms with van der Waals surface area (Å²) < 4.78 is 32.4. The molecule has 0 saturated carbocycles. The van der Waals surface area contributed by atoms with Crippen LogP contribution >= 0.6 is 0 Å². The Hall–Kier alpha value is -2.53. The fourth-order valence-electron chi connectivity index (χ4n) is 2.03. The molecule has 0 fully saturated rings. The van der Waals surface area contributed by atoms with Crippen molar-refractivity contribution in [1.82, 2.24) is 0 Å². The highest BCUT2D eigenvalue weighted by atomic mass is 19.1. The summed E-state index contributed by atoms with van der Waals surface area (Å²) in [5.74, 6) is -1.61. The molecule has 0 unspecified atom stereocenters. The molecule has 22 heavy (non-hydrogen) atoms.